The maximum atomic E-state index is 11.9. The van der Waals surface area contributed by atoms with Crippen molar-refractivity contribution in [3.63, 3.8) is 0 Å². The molecule has 0 bridgehead atoms. The van der Waals surface area contributed by atoms with Crippen LogP contribution >= 0.6 is 0 Å². The molecule has 0 aliphatic carbocycles. The first-order valence-electron chi connectivity index (χ1n) is 10.8. The van der Waals surface area contributed by atoms with Crippen molar-refractivity contribution >= 4 is 5.91 Å². The SMILES string of the molecule is CCCCCCC/C=C/CCCCCCCCC(=O)N1CCCC1. The van der Waals surface area contributed by atoms with E-state index in [1.807, 2.05) is 0 Å². The lowest BCUT2D eigenvalue weighted by Crippen LogP contribution is -2.27. The van der Waals surface area contributed by atoms with Gasteiger partial charge in [-0.25, -0.2) is 0 Å². The molecular formula is C22H41NO. The number of unbranched alkanes of at least 4 members (excludes halogenated alkanes) is 11. The third-order valence-corrected chi connectivity index (χ3v) is 5.11. The van der Waals surface area contributed by atoms with Gasteiger partial charge in [0.1, 0.15) is 0 Å². The van der Waals surface area contributed by atoms with Crippen molar-refractivity contribution in [1.29, 1.82) is 0 Å². The van der Waals surface area contributed by atoms with Crippen LogP contribution in [0.4, 0.5) is 0 Å². The molecule has 1 rings (SSSR count). The van der Waals surface area contributed by atoms with Crippen LogP contribution in [-0.2, 0) is 4.79 Å². The Morgan fingerprint density at radius 3 is 1.83 bits per heavy atom. The predicted molar refractivity (Wildman–Crippen MR) is 105 cm³/mol. The zero-order chi connectivity index (χ0) is 17.3. The molecule has 0 saturated carbocycles. The summed E-state index contributed by atoms with van der Waals surface area (Å²) in [5, 5.41) is 0. The van der Waals surface area contributed by atoms with Gasteiger partial charge in [0.05, 0.1) is 0 Å². The molecule has 1 heterocycles. The number of carbonyl (C=O) groups is 1. The molecule has 0 aromatic rings. The molecule has 0 unspecified atom stereocenters. The highest BCUT2D eigenvalue weighted by Crippen LogP contribution is 2.13. The molecule has 1 aliphatic rings. The van der Waals surface area contributed by atoms with E-state index in [0.717, 1.165) is 25.9 Å². The number of allylic oxidation sites excluding steroid dienone is 2. The van der Waals surface area contributed by atoms with Gasteiger partial charge in [0.15, 0.2) is 0 Å². The molecule has 140 valence electrons. The normalized spacial score (nSPS) is 14.8. The second-order valence-electron chi connectivity index (χ2n) is 7.42. The Morgan fingerprint density at radius 1 is 0.750 bits per heavy atom. The summed E-state index contributed by atoms with van der Waals surface area (Å²) in [6, 6.07) is 0. The van der Waals surface area contributed by atoms with Crippen molar-refractivity contribution in [2.24, 2.45) is 0 Å². The van der Waals surface area contributed by atoms with Crippen LogP contribution in [0.1, 0.15) is 110 Å². The van der Waals surface area contributed by atoms with E-state index < -0.39 is 0 Å². The summed E-state index contributed by atoms with van der Waals surface area (Å²) >= 11 is 0. The van der Waals surface area contributed by atoms with Gasteiger partial charge >= 0.3 is 0 Å². The summed E-state index contributed by atoms with van der Waals surface area (Å²) in [5.74, 6) is 0.396. The van der Waals surface area contributed by atoms with Gasteiger partial charge in [0.2, 0.25) is 5.91 Å². The largest absolute Gasteiger partial charge is 0.343 e. The molecule has 2 heteroatoms. The summed E-state index contributed by atoms with van der Waals surface area (Å²) in [7, 11) is 0. The van der Waals surface area contributed by atoms with Crippen molar-refractivity contribution in [3.05, 3.63) is 12.2 Å². The van der Waals surface area contributed by atoms with E-state index in [1.165, 1.54) is 89.9 Å². The van der Waals surface area contributed by atoms with E-state index in [9.17, 15) is 4.79 Å². The summed E-state index contributed by atoms with van der Waals surface area (Å²) < 4.78 is 0. The molecule has 0 N–H and O–H groups in total. The Balaban J connectivity index is 1.76. The highest BCUT2D eigenvalue weighted by Gasteiger charge is 2.16. The molecule has 2 nitrogen and oxygen atoms in total. The van der Waals surface area contributed by atoms with E-state index in [-0.39, 0.29) is 0 Å². The number of rotatable bonds is 15. The Labute approximate surface area is 151 Å². The third-order valence-electron chi connectivity index (χ3n) is 5.11. The molecule has 0 radical (unpaired) electrons. The zero-order valence-electron chi connectivity index (χ0n) is 16.2. The minimum absolute atomic E-state index is 0.396. The van der Waals surface area contributed by atoms with Gasteiger partial charge in [0, 0.05) is 19.5 Å². The first kappa shape index (κ1) is 21.3. The molecule has 1 saturated heterocycles. The van der Waals surface area contributed by atoms with E-state index in [2.05, 4.69) is 24.0 Å². The fourth-order valence-corrected chi connectivity index (χ4v) is 3.47. The number of hydrogen-bond acceptors (Lipinski definition) is 1. The van der Waals surface area contributed by atoms with Gasteiger partial charge in [-0.3, -0.25) is 4.79 Å². The average molecular weight is 336 g/mol. The molecule has 0 spiro atoms. The van der Waals surface area contributed by atoms with Gasteiger partial charge in [0.25, 0.3) is 0 Å². The molecule has 0 aromatic heterocycles. The molecule has 1 amide bonds. The molecule has 1 fully saturated rings. The van der Waals surface area contributed by atoms with Crippen molar-refractivity contribution in [1.82, 2.24) is 4.90 Å². The summed E-state index contributed by atoms with van der Waals surface area (Å²) in [6.07, 6.45) is 25.0. The lowest BCUT2D eigenvalue weighted by Gasteiger charge is -2.14. The molecule has 0 aromatic carbocycles. The quantitative estimate of drug-likeness (QED) is 0.242. The molecule has 0 atom stereocenters. The Kier molecular flexibility index (Phi) is 13.9. The minimum atomic E-state index is 0.396. The first-order chi connectivity index (χ1) is 11.8. The topological polar surface area (TPSA) is 20.3 Å². The lowest BCUT2D eigenvalue weighted by molar-refractivity contribution is -0.130. The fraction of sp³-hybridized carbons (Fsp3) is 0.864. The fourth-order valence-electron chi connectivity index (χ4n) is 3.47. The van der Waals surface area contributed by atoms with E-state index >= 15 is 0 Å². The second-order valence-corrected chi connectivity index (χ2v) is 7.42. The number of hydrogen-bond donors (Lipinski definition) is 0. The van der Waals surface area contributed by atoms with E-state index in [4.69, 9.17) is 0 Å². The third kappa shape index (κ3) is 11.7. The molecule has 24 heavy (non-hydrogen) atoms. The van der Waals surface area contributed by atoms with Gasteiger partial charge in [-0.15, -0.1) is 0 Å². The number of carbonyl (C=O) groups excluding carboxylic acids is 1. The minimum Gasteiger partial charge on any atom is -0.343 e. The van der Waals surface area contributed by atoms with Crippen LogP contribution in [0.3, 0.4) is 0 Å². The summed E-state index contributed by atoms with van der Waals surface area (Å²) in [5.41, 5.74) is 0. The Bertz CT molecular complexity index is 318. The number of nitrogens with zero attached hydrogens (tertiary/aromatic N) is 1. The lowest BCUT2D eigenvalue weighted by atomic mass is 10.1. The van der Waals surface area contributed by atoms with Gasteiger partial charge in [-0.2, -0.15) is 0 Å². The maximum Gasteiger partial charge on any atom is 0.222 e. The van der Waals surface area contributed by atoms with Gasteiger partial charge in [-0.1, -0.05) is 70.4 Å². The first-order valence-corrected chi connectivity index (χ1v) is 10.8. The van der Waals surface area contributed by atoms with Crippen LogP contribution in [0.2, 0.25) is 0 Å². The van der Waals surface area contributed by atoms with Crippen LogP contribution < -0.4 is 0 Å². The summed E-state index contributed by atoms with van der Waals surface area (Å²) in [6.45, 7) is 4.28. The van der Waals surface area contributed by atoms with Crippen LogP contribution in [0.15, 0.2) is 12.2 Å². The van der Waals surface area contributed by atoms with Crippen molar-refractivity contribution < 1.29 is 4.79 Å². The zero-order valence-corrected chi connectivity index (χ0v) is 16.2. The number of likely N-dealkylation sites (tertiary alicyclic amines) is 1. The van der Waals surface area contributed by atoms with E-state index in [1.54, 1.807) is 0 Å². The summed E-state index contributed by atoms with van der Waals surface area (Å²) in [4.78, 5) is 13.9. The average Bonchev–Trinajstić information content (AvgIpc) is 3.13. The Morgan fingerprint density at radius 2 is 1.25 bits per heavy atom. The highest BCUT2D eigenvalue weighted by molar-refractivity contribution is 5.76. The molecular weight excluding hydrogens is 294 g/mol. The van der Waals surface area contributed by atoms with Gasteiger partial charge < -0.3 is 4.90 Å². The monoisotopic (exact) mass is 335 g/mol. The Hall–Kier alpha value is -0.790. The van der Waals surface area contributed by atoms with Crippen LogP contribution in [-0.4, -0.2) is 23.9 Å². The smallest absolute Gasteiger partial charge is 0.222 e. The second kappa shape index (κ2) is 15.7. The molecule has 1 aliphatic heterocycles. The maximum absolute atomic E-state index is 11.9. The van der Waals surface area contributed by atoms with Crippen LogP contribution in [0.25, 0.3) is 0 Å². The standard InChI is InChI=1S/C22H41NO/c1-2-3-4-5-6-7-8-9-10-11-12-13-14-15-16-19-22(24)23-20-17-18-21-23/h8-9H,2-7,10-21H2,1H3/b9-8+. The van der Waals surface area contributed by atoms with Crippen LogP contribution in [0, 0.1) is 0 Å². The highest BCUT2D eigenvalue weighted by atomic mass is 16.2. The number of amides is 1. The van der Waals surface area contributed by atoms with Crippen molar-refractivity contribution in [2.75, 3.05) is 13.1 Å². The van der Waals surface area contributed by atoms with E-state index in [0.29, 0.717) is 5.91 Å². The van der Waals surface area contributed by atoms with Crippen molar-refractivity contribution in [2.45, 2.75) is 110 Å². The predicted octanol–water partition coefficient (Wildman–Crippen LogP) is 6.65. The van der Waals surface area contributed by atoms with Gasteiger partial charge in [-0.05, 0) is 44.9 Å². The van der Waals surface area contributed by atoms with Crippen LogP contribution in [0.5, 0.6) is 0 Å². The van der Waals surface area contributed by atoms with Crippen molar-refractivity contribution in [3.8, 4) is 0 Å².